The molecule has 20 heavy (non-hydrogen) atoms. The van der Waals surface area contributed by atoms with Crippen molar-refractivity contribution in [3.63, 3.8) is 0 Å². The number of aryl methyl sites for hydroxylation is 3. The quantitative estimate of drug-likeness (QED) is 0.853. The van der Waals surface area contributed by atoms with E-state index < -0.39 is 0 Å². The molecule has 1 N–H and O–H groups in total. The van der Waals surface area contributed by atoms with Gasteiger partial charge in [-0.25, -0.2) is 0 Å². The van der Waals surface area contributed by atoms with Crippen LogP contribution in [-0.2, 0) is 19.6 Å². The molecule has 0 spiro atoms. The molecule has 2 aromatic heterocycles. The van der Waals surface area contributed by atoms with Gasteiger partial charge in [-0.2, -0.15) is 10.2 Å². The lowest BCUT2D eigenvalue weighted by molar-refractivity contribution is 0.598. The zero-order valence-corrected chi connectivity index (χ0v) is 13.3. The number of nitrogens with zero attached hydrogens (tertiary/aromatic N) is 4. The first-order chi connectivity index (χ1) is 9.22. The van der Waals surface area contributed by atoms with E-state index >= 15 is 0 Å². The smallest absolute Gasteiger partial charge is 0.0825 e. The van der Waals surface area contributed by atoms with Crippen LogP contribution in [-0.4, -0.2) is 19.6 Å². The first-order valence-corrected chi connectivity index (χ1v) is 7.02. The lowest BCUT2D eigenvalue weighted by Gasteiger charge is -2.02. The van der Waals surface area contributed by atoms with Gasteiger partial charge in [0.15, 0.2) is 0 Å². The van der Waals surface area contributed by atoms with Crippen LogP contribution in [0.3, 0.4) is 0 Å². The van der Waals surface area contributed by atoms with E-state index in [9.17, 15) is 0 Å². The van der Waals surface area contributed by atoms with Crippen molar-refractivity contribution >= 4 is 18.1 Å². The summed E-state index contributed by atoms with van der Waals surface area (Å²) in [7, 11) is 0. The molecular formula is C14H24ClN5. The molecule has 0 aromatic carbocycles. The fourth-order valence-corrected chi connectivity index (χ4v) is 2.08. The highest BCUT2D eigenvalue weighted by atomic mass is 35.5. The fourth-order valence-electron chi connectivity index (χ4n) is 2.08. The Labute approximate surface area is 126 Å². The Kier molecular flexibility index (Phi) is 6.58. The molecule has 112 valence electrons. The minimum absolute atomic E-state index is 0. The summed E-state index contributed by atoms with van der Waals surface area (Å²) in [4.78, 5) is 0. The van der Waals surface area contributed by atoms with Crippen LogP contribution in [0.15, 0.2) is 18.6 Å². The van der Waals surface area contributed by atoms with Gasteiger partial charge in [-0.05, 0) is 19.8 Å². The van der Waals surface area contributed by atoms with Gasteiger partial charge in [0.1, 0.15) is 0 Å². The van der Waals surface area contributed by atoms with Crippen LogP contribution in [0.1, 0.15) is 37.9 Å². The van der Waals surface area contributed by atoms with Crippen LogP contribution < -0.4 is 5.32 Å². The van der Waals surface area contributed by atoms with Gasteiger partial charge in [0.05, 0.1) is 17.6 Å². The molecule has 5 nitrogen and oxygen atoms in total. The van der Waals surface area contributed by atoms with E-state index in [0.717, 1.165) is 43.9 Å². The van der Waals surface area contributed by atoms with Gasteiger partial charge in [-0.15, -0.1) is 12.4 Å². The molecular weight excluding hydrogens is 274 g/mol. The highest BCUT2D eigenvalue weighted by Crippen LogP contribution is 2.14. The summed E-state index contributed by atoms with van der Waals surface area (Å²) in [5, 5.41) is 12.2. The van der Waals surface area contributed by atoms with E-state index in [1.54, 1.807) is 0 Å². The maximum Gasteiger partial charge on any atom is 0.0825 e. The topological polar surface area (TPSA) is 47.7 Å². The van der Waals surface area contributed by atoms with Gasteiger partial charge in [-0.3, -0.25) is 9.36 Å². The molecule has 0 aliphatic heterocycles. The Morgan fingerprint density at radius 1 is 1.10 bits per heavy atom. The van der Waals surface area contributed by atoms with Crippen LogP contribution in [0.4, 0.5) is 5.69 Å². The molecule has 0 aliphatic carbocycles. The number of hydrogen-bond acceptors (Lipinski definition) is 3. The first-order valence-electron chi connectivity index (χ1n) is 7.02. The SMILES string of the molecule is CCCn1cc(CNc2cn(CCC)nc2C)cn1.Cl. The van der Waals surface area contributed by atoms with E-state index in [1.165, 1.54) is 5.56 Å². The number of rotatable bonds is 7. The van der Waals surface area contributed by atoms with Gasteiger partial charge in [0.2, 0.25) is 0 Å². The van der Waals surface area contributed by atoms with E-state index in [0.29, 0.717) is 0 Å². The van der Waals surface area contributed by atoms with E-state index in [1.807, 2.05) is 22.5 Å². The van der Waals surface area contributed by atoms with Gasteiger partial charge >= 0.3 is 0 Å². The van der Waals surface area contributed by atoms with Crippen LogP contribution >= 0.6 is 12.4 Å². The predicted octanol–water partition coefficient (Wildman–Crippen LogP) is 3.24. The van der Waals surface area contributed by atoms with Crippen LogP contribution in [0.2, 0.25) is 0 Å². The van der Waals surface area contributed by atoms with Crippen molar-refractivity contribution < 1.29 is 0 Å². The molecule has 0 aliphatic rings. The van der Waals surface area contributed by atoms with Gasteiger partial charge in [0, 0.05) is 37.6 Å². The molecule has 0 unspecified atom stereocenters. The van der Waals surface area contributed by atoms with Crippen molar-refractivity contribution in [1.82, 2.24) is 19.6 Å². The van der Waals surface area contributed by atoms with Gasteiger partial charge in [0.25, 0.3) is 0 Å². The summed E-state index contributed by atoms with van der Waals surface area (Å²) >= 11 is 0. The summed E-state index contributed by atoms with van der Waals surface area (Å²) in [6.45, 7) is 9.10. The molecule has 0 radical (unpaired) electrons. The zero-order valence-electron chi connectivity index (χ0n) is 12.5. The molecule has 0 bridgehead atoms. The summed E-state index contributed by atoms with van der Waals surface area (Å²) in [6, 6.07) is 0. The Hall–Kier alpha value is -1.49. The Morgan fingerprint density at radius 2 is 1.80 bits per heavy atom. The number of hydrogen-bond donors (Lipinski definition) is 1. The van der Waals surface area contributed by atoms with Crippen molar-refractivity contribution in [2.45, 2.75) is 53.2 Å². The number of halogens is 1. The molecule has 2 rings (SSSR count). The molecule has 2 heterocycles. The number of nitrogens with one attached hydrogen (secondary N) is 1. The van der Waals surface area contributed by atoms with E-state index in [4.69, 9.17) is 0 Å². The molecule has 0 saturated heterocycles. The maximum absolute atomic E-state index is 4.48. The van der Waals surface area contributed by atoms with E-state index in [-0.39, 0.29) is 12.4 Å². The maximum atomic E-state index is 4.48. The molecule has 0 saturated carbocycles. The molecule has 0 amide bonds. The zero-order chi connectivity index (χ0) is 13.7. The van der Waals surface area contributed by atoms with Crippen molar-refractivity contribution in [3.8, 4) is 0 Å². The Bertz CT molecular complexity index is 517. The van der Waals surface area contributed by atoms with Gasteiger partial charge in [-0.1, -0.05) is 13.8 Å². The van der Waals surface area contributed by atoms with Crippen molar-refractivity contribution in [2.24, 2.45) is 0 Å². The fraction of sp³-hybridized carbons (Fsp3) is 0.571. The largest absolute Gasteiger partial charge is 0.378 e. The lowest BCUT2D eigenvalue weighted by Crippen LogP contribution is -1.99. The lowest BCUT2D eigenvalue weighted by atomic mass is 10.3. The molecule has 6 heteroatoms. The van der Waals surface area contributed by atoms with Crippen molar-refractivity contribution in [3.05, 3.63) is 29.8 Å². The Morgan fingerprint density at radius 3 is 2.50 bits per heavy atom. The Balaban J connectivity index is 0.00000200. The summed E-state index contributed by atoms with van der Waals surface area (Å²) in [5.41, 5.74) is 3.36. The molecule has 0 atom stereocenters. The number of anilines is 1. The highest BCUT2D eigenvalue weighted by Gasteiger charge is 2.05. The monoisotopic (exact) mass is 297 g/mol. The van der Waals surface area contributed by atoms with Crippen LogP contribution in [0.25, 0.3) is 0 Å². The second-order valence-electron chi connectivity index (χ2n) is 4.86. The second kappa shape index (κ2) is 7.94. The average Bonchev–Trinajstić information content (AvgIpc) is 2.95. The first kappa shape index (κ1) is 16.6. The van der Waals surface area contributed by atoms with Crippen molar-refractivity contribution in [2.75, 3.05) is 5.32 Å². The molecule has 0 fully saturated rings. The minimum Gasteiger partial charge on any atom is -0.378 e. The highest BCUT2D eigenvalue weighted by molar-refractivity contribution is 5.85. The number of aromatic nitrogens is 4. The third-order valence-electron chi connectivity index (χ3n) is 3.02. The third-order valence-corrected chi connectivity index (χ3v) is 3.02. The summed E-state index contributed by atoms with van der Waals surface area (Å²) in [6.07, 6.45) is 8.31. The van der Waals surface area contributed by atoms with Crippen molar-refractivity contribution in [1.29, 1.82) is 0 Å². The normalized spacial score (nSPS) is 10.3. The predicted molar refractivity (Wildman–Crippen MR) is 84.3 cm³/mol. The minimum atomic E-state index is 0. The van der Waals surface area contributed by atoms with Crippen LogP contribution in [0.5, 0.6) is 0 Å². The third kappa shape index (κ3) is 4.27. The van der Waals surface area contributed by atoms with E-state index in [2.05, 4.69) is 41.8 Å². The summed E-state index contributed by atoms with van der Waals surface area (Å²) < 4.78 is 3.99. The second-order valence-corrected chi connectivity index (χ2v) is 4.86. The van der Waals surface area contributed by atoms with Gasteiger partial charge < -0.3 is 5.32 Å². The average molecular weight is 298 g/mol. The summed E-state index contributed by atoms with van der Waals surface area (Å²) in [5.74, 6) is 0. The molecule has 2 aromatic rings. The van der Waals surface area contributed by atoms with Crippen LogP contribution in [0, 0.1) is 6.92 Å². The standard InChI is InChI=1S/C14H23N5.ClH/c1-4-6-18-10-13(9-16-18)8-15-14-11-19(7-5-2)17-12(14)3;/h9-11,15H,4-8H2,1-3H3;1H.